The number of hydrogen-bond acceptors (Lipinski definition) is 6. The SMILES string of the molecule is COc1cc(NCCCCC(C)N2C(=O)c3ccccc3C2=O)c2nccc(C)c2c1OC. The molecule has 0 fully saturated rings. The van der Waals surface area contributed by atoms with Gasteiger partial charge in [-0.15, -0.1) is 0 Å². The molecule has 0 radical (unpaired) electrons. The van der Waals surface area contributed by atoms with Crippen molar-refractivity contribution in [1.82, 2.24) is 9.88 Å². The number of aryl methyl sites for hydroxylation is 1. The molecule has 0 aliphatic carbocycles. The molecule has 0 saturated carbocycles. The van der Waals surface area contributed by atoms with Crippen LogP contribution in [0, 0.1) is 6.92 Å². The molecule has 4 rings (SSSR count). The number of anilines is 1. The highest BCUT2D eigenvalue weighted by molar-refractivity contribution is 6.21. The van der Waals surface area contributed by atoms with E-state index >= 15 is 0 Å². The third-order valence-corrected chi connectivity index (χ3v) is 6.20. The average Bonchev–Trinajstić information content (AvgIpc) is 3.08. The standard InChI is InChI=1S/C26H29N3O4/c1-16-12-14-28-23-20(15-21(32-3)24(33-4)22(16)23)27-13-8-7-9-17(2)29-25(30)18-10-5-6-11-19(18)26(29)31/h5-6,10-12,14-15,17,27H,7-9,13H2,1-4H3. The van der Waals surface area contributed by atoms with Gasteiger partial charge in [0.1, 0.15) is 0 Å². The molecule has 1 unspecified atom stereocenters. The van der Waals surface area contributed by atoms with Crippen LogP contribution in [0.15, 0.2) is 42.6 Å². The van der Waals surface area contributed by atoms with Gasteiger partial charge in [-0.25, -0.2) is 0 Å². The van der Waals surface area contributed by atoms with Crippen LogP contribution in [0.1, 0.15) is 52.5 Å². The van der Waals surface area contributed by atoms with E-state index < -0.39 is 0 Å². The molecular weight excluding hydrogens is 418 g/mol. The Bertz CT molecular complexity index is 1170. The van der Waals surface area contributed by atoms with Crippen LogP contribution in [0.4, 0.5) is 5.69 Å². The van der Waals surface area contributed by atoms with Crippen molar-refractivity contribution in [3.05, 3.63) is 59.3 Å². The molecule has 1 aliphatic rings. The molecule has 1 N–H and O–H groups in total. The van der Waals surface area contributed by atoms with Gasteiger partial charge in [0.15, 0.2) is 11.5 Å². The lowest BCUT2D eigenvalue weighted by Gasteiger charge is -2.22. The quantitative estimate of drug-likeness (QED) is 0.374. The number of unbranched alkanes of at least 4 members (excludes halogenated alkanes) is 1. The highest BCUT2D eigenvalue weighted by atomic mass is 16.5. The lowest BCUT2D eigenvalue weighted by molar-refractivity contribution is 0.0588. The van der Waals surface area contributed by atoms with Gasteiger partial charge in [0.05, 0.1) is 41.9 Å². The first-order chi connectivity index (χ1) is 16.0. The third kappa shape index (κ3) is 4.11. The number of nitrogens with one attached hydrogen (secondary N) is 1. The summed E-state index contributed by atoms with van der Waals surface area (Å²) in [4.78, 5) is 31.3. The largest absolute Gasteiger partial charge is 0.493 e. The van der Waals surface area contributed by atoms with E-state index in [9.17, 15) is 9.59 Å². The number of aromatic nitrogens is 1. The Labute approximate surface area is 193 Å². The zero-order valence-corrected chi connectivity index (χ0v) is 19.5. The number of carbonyl (C=O) groups excluding carboxylic acids is 2. The van der Waals surface area contributed by atoms with Crippen molar-refractivity contribution < 1.29 is 19.1 Å². The minimum atomic E-state index is -0.195. The van der Waals surface area contributed by atoms with E-state index in [4.69, 9.17) is 9.47 Å². The van der Waals surface area contributed by atoms with Crippen LogP contribution < -0.4 is 14.8 Å². The molecule has 2 heterocycles. The number of carbonyl (C=O) groups is 2. The highest BCUT2D eigenvalue weighted by Gasteiger charge is 2.37. The van der Waals surface area contributed by atoms with Crippen LogP contribution in [0.3, 0.4) is 0 Å². The second-order valence-corrected chi connectivity index (χ2v) is 8.31. The van der Waals surface area contributed by atoms with E-state index in [0.717, 1.165) is 48.0 Å². The topological polar surface area (TPSA) is 80.8 Å². The smallest absolute Gasteiger partial charge is 0.261 e. The van der Waals surface area contributed by atoms with Gasteiger partial charge in [-0.1, -0.05) is 12.1 Å². The lowest BCUT2D eigenvalue weighted by atomic mass is 10.1. The Morgan fingerprint density at radius 2 is 1.73 bits per heavy atom. The van der Waals surface area contributed by atoms with Crippen molar-refractivity contribution in [2.24, 2.45) is 0 Å². The van der Waals surface area contributed by atoms with Crippen LogP contribution in [-0.4, -0.2) is 48.5 Å². The van der Waals surface area contributed by atoms with E-state index in [2.05, 4.69) is 10.3 Å². The van der Waals surface area contributed by atoms with Gasteiger partial charge in [-0.05, 0) is 56.9 Å². The number of imide groups is 1. The van der Waals surface area contributed by atoms with Crippen LogP contribution in [-0.2, 0) is 0 Å². The van der Waals surface area contributed by atoms with Gasteiger partial charge >= 0.3 is 0 Å². The summed E-state index contributed by atoms with van der Waals surface area (Å²) >= 11 is 0. The number of rotatable bonds is 9. The van der Waals surface area contributed by atoms with Gasteiger partial charge in [-0.3, -0.25) is 19.5 Å². The molecule has 7 heteroatoms. The van der Waals surface area contributed by atoms with E-state index in [1.807, 2.05) is 26.0 Å². The van der Waals surface area contributed by atoms with Gasteiger partial charge in [0.25, 0.3) is 11.8 Å². The number of benzene rings is 2. The maximum atomic E-state index is 12.7. The summed E-state index contributed by atoms with van der Waals surface area (Å²) in [7, 11) is 3.26. The molecule has 1 aromatic heterocycles. The first-order valence-corrected chi connectivity index (χ1v) is 11.2. The summed E-state index contributed by atoms with van der Waals surface area (Å²) in [5.41, 5.74) is 3.79. The molecular formula is C26H29N3O4. The normalized spacial score (nSPS) is 13.9. The Morgan fingerprint density at radius 3 is 2.36 bits per heavy atom. The third-order valence-electron chi connectivity index (χ3n) is 6.20. The molecule has 2 aromatic carbocycles. The highest BCUT2D eigenvalue weighted by Crippen LogP contribution is 2.40. The summed E-state index contributed by atoms with van der Waals surface area (Å²) in [5.74, 6) is 0.945. The van der Waals surface area contributed by atoms with Crippen LogP contribution in [0.5, 0.6) is 11.5 Å². The first kappa shape index (κ1) is 22.6. The van der Waals surface area contributed by atoms with Crippen LogP contribution in [0.2, 0.25) is 0 Å². The molecule has 0 spiro atoms. The number of methoxy groups -OCH3 is 2. The van der Waals surface area contributed by atoms with Gasteiger partial charge < -0.3 is 14.8 Å². The Kier molecular flexibility index (Phi) is 6.49. The molecule has 33 heavy (non-hydrogen) atoms. The number of pyridine rings is 1. The fourth-order valence-electron chi connectivity index (χ4n) is 4.45. The fourth-order valence-corrected chi connectivity index (χ4v) is 4.45. The zero-order valence-electron chi connectivity index (χ0n) is 19.5. The van der Waals surface area contributed by atoms with E-state index in [1.54, 1.807) is 44.7 Å². The van der Waals surface area contributed by atoms with Crippen molar-refractivity contribution in [1.29, 1.82) is 0 Å². The second-order valence-electron chi connectivity index (χ2n) is 8.31. The minimum Gasteiger partial charge on any atom is -0.493 e. The number of fused-ring (bicyclic) bond motifs is 2. The number of nitrogens with zero attached hydrogens (tertiary/aromatic N) is 2. The summed E-state index contributed by atoms with van der Waals surface area (Å²) in [6, 6.07) is 10.7. The molecule has 7 nitrogen and oxygen atoms in total. The molecule has 0 bridgehead atoms. The molecule has 0 saturated heterocycles. The zero-order chi connectivity index (χ0) is 23.5. The first-order valence-electron chi connectivity index (χ1n) is 11.2. The predicted octanol–water partition coefficient (Wildman–Crippen LogP) is 4.83. The Hall–Kier alpha value is -3.61. The fraction of sp³-hybridized carbons (Fsp3) is 0.346. The van der Waals surface area contributed by atoms with Crippen LogP contribution >= 0.6 is 0 Å². The maximum Gasteiger partial charge on any atom is 0.261 e. The minimum absolute atomic E-state index is 0.149. The predicted molar refractivity (Wildman–Crippen MR) is 128 cm³/mol. The second kappa shape index (κ2) is 9.48. The molecule has 2 amide bonds. The van der Waals surface area contributed by atoms with E-state index in [0.29, 0.717) is 22.6 Å². The van der Waals surface area contributed by atoms with Crippen molar-refractivity contribution >= 4 is 28.4 Å². The van der Waals surface area contributed by atoms with E-state index in [1.165, 1.54) is 4.90 Å². The monoisotopic (exact) mass is 447 g/mol. The summed E-state index contributed by atoms with van der Waals surface area (Å²) in [6.07, 6.45) is 4.30. The molecule has 3 aromatic rings. The van der Waals surface area contributed by atoms with E-state index in [-0.39, 0.29) is 17.9 Å². The molecule has 1 atom stereocenters. The van der Waals surface area contributed by atoms with Gasteiger partial charge in [-0.2, -0.15) is 0 Å². The number of ether oxygens (including phenoxy) is 2. The Balaban J connectivity index is 1.38. The van der Waals surface area contributed by atoms with Gasteiger partial charge in [0.2, 0.25) is 0 Å². The van der Waals surface area contributed by atoms with Crippen LogP contribution in [0.25, 0.3) is 10.9 Å². The molecule has 172 valence electrons. The van der Waals surface area contributed by atoms with Crippen molar-refractivity contribution in [2.45, 2.75) is 39.2 Å². The lowest BCUT2D eigenvalue weighted by Crippen LogP contribution is -2.38. The Morgan fingerprint density at radius 1 is 1.03 bits per heavy atom. The van der Waals surface area contributed by atoms with Crippen molar-refractivity contribution in [2.75, 3.05) is 26.1 Å². The maximum absolute atomic E-state index is 12.7. The van der Waals surface area contributed by atoms with Crippen molar-refractivity contribution in [3.63, 3.8) is 0 Å². The van der Waals surface area contributed by atoms with Gasteiger partial charge in [0, 0.05) is 24.8 Å². The summed E-state index contributed by atoms with van der Waals surface area (Å²) in [5, 5.41) is 4.40. The molecule has 1 aliphatic heterocycles. The summed E-state index contributed by atoms with van der Waals surface area (Å²) in [6.45, 7) is 4.69. The summed E-state index contributed by atoms with van der Waals surface area (Å²) < 4.78 is 11.1. The average molecular weight is 448 g/mol. The van der Waals surface area contributed by atoms with Crippen molar-refractivity contribution in [3.8, 4) is 11.5 Å². The number of hydrogen-bond donors (Lipinski definition) is 1. The number of amides is 2.